The van der Waals surface area contributed by atoms with Crippen LogP contribution in [-0.2, 0) is 0 Å². The van der Waals surface area contributed by atoms with Gasteiger partial charge in [0.05, 0.1) is 0 Å². The minimum atomic E-state index is -7.20. The van der Waals surface area contributed by atoms with Gasteiger partial charge >= 0.3 is 29.6 Å². The number of hydrogen-bond donors (Lipinski definition) is 1. The molecule has 0 radical (unpaired) electrons. The zero-order valence-corrected chi connectivity index (χ0v) is 9.02. The third-order valence-corrected chi connectivity index (χ3v) is 3.03. The largest absolute Gasteiger partial charge is 0.396 e. The van der Waals surface area contributed by atoms with Crippen LogP contribution in [-0.4, -0.2) is 47.0 Å². The molecule has 0 aromatic carbocycles. The molecule has 0 aromatic rings. The first-order valence-corrected chi connectivity index (χ1v) is 4.75. The molecule has 1 fully saturated rings. The highest BCUT2D eigenvalue weighted by Gasteiger charge is 3.00. The van der Waals surface area contributed by atoms with Gasteiger partial charge in [0.1, 0.15) is 0 Å². The van der Waals surface area contributed by atoms with Crippen LogP contribution in [0.15, 0.2) is 0 Å². The Morgan fingerprint density at radius 3 is 1.00 bits per heavy atom. The maximum absolute atomic E-state index is 13.5. The van der Waals surface area contributed by atoms with E-state index in [9.17, 15) is 48.3 Å². The number of hydrogen-bond acceptors (Lipinski definition) is 1. The van der Waals surface area contributed by atoms with Crippen molar-refractivity contribution < 1.29 is 53.4 Å². The Labute approximate surface area is 103 Å². The lowest BCUT2D eigenvalue weighted by Crippen LogP contribution is -2.83. The summed E-state index contributed by atoms with van der Waals surface area (Å²) >= 11 is 0. The number of rotatable bonds is 2. The summed E-state index contributed by atoms with van der Waals surface area (Å²) in [5, 5.41) is 8.13. The molecule has 20 heavy (non-hydrogen) atoms. The van der Waals surface area contributed by atoms with Gasteiger partial charge in [-0.2, -0.15) is 43.9 Å². The highest BCUT2D eigenvalue weighted by molar-refractivity contribution is 5.26. The molecule has 1 N–H and O–H groups in total. The molecule has 0 heterocycles. The average molecular weight is 326 g/mol. The lowest BCUT2D eigenvalue weighted by atomic mass is 9.71. The summed E-state index contributed by atoms with van der Waals surface area (Å²) in [7, 11) is 0. The lowest BCUT2D eigenvalue weighted by molar-refractivity contribution is -0.486. The normalized spacial score (nSPS) is 31.8. The van der Waals surface area contributed by atoms with Crippen molar-refractivity contribution in [3.63, 3.8) is 0 Å². The molecule has 12 heteroatoms. The Morgan fingerprint density at radius 2 is 0.750 bits per heavy atom. The minimum absolute atomic E-state index is 1.97. The van der Waals surface area contributed by atoms with Gasteiger partial charge in [0.25, 0.3) is 5.67 Å². The van der Waals surface area contributed by atoms with Gasteiger partial charge in [-0.3, -0.25) is 0 Å². The van der Waals surface area contributed by atoms with E-state index in [-0.39, 0.29) is 0 Å². The Morgan fingerprint density at radius 1 is 0.500 bits per heavy atom. The molecule has 1 aliphatic rings. The molecule has 0 aromatic heterocycles. The average Bonchev–Trinajstić information content (AvgIpc) is 2.26. The van der Waals surface area contributed by atoms with E-state index in [4.69, 9.17) is 5.11 Å². The molecular formula is C8H5F11O. The second-order valence-corrected chi connectivity index (χ2v) is 4.15. The van der Waals surface area contributed by atoms with Crippen molar-refractivity contribution in [2.45, 2.75) is 41.7 Å². The van der Waals surface area contributed by atoms with E-state index >= 15 is 0 Å². The monoisotopic (exact) mass is 326 g/mol. The highest BCUT2D eigenvalue weighted by Crippen LogP contribution is 2.70. The molecule has 0 saturated heterocycles. The van der Waals surface area contributed by atoms with E-state index in [0.717, 1.165) is 0 Å². The molecule has 0 atom stereocenters. The topological polar surface area (TPSA) is 20.2 Å². The van der Waals surface area contributed by atoms with Gasteiger partial charge in [0.15, 0.2) is 0 Å². The number of aliphatic hydroxyl groups excluding tert-OH is 1. The Kier molecular flexibility index (Phi) is 3.35. The molecule has 0 unspecified atom stereocenters. The van der Waals surface area contributed by atoms with Crippen LogP contribution in [0.3, 0.4) is 0 Å². The van der Waals surface area contributed by atoms with Crippen LogP contribution < -0.4 is 0 Å². The quantitative estimate of drug-likeness (QED) is 0.773. The van der Waals surface area contributed by atoms with Gasteiger partial charge in [-0.25, -0.2) is 4.39 Å². The molecule has 1 aliphatic carbocycles. The zero-order valence-electron chi connectivity index (χ0n) is 9.02. The van der Waals surface area contributed by atoms with Gasteiger partial charge in [-0.15, -0.1) is 0 Å². The third-order valence-electron chi connectivity index (χ3n) is 3.03. The van der Waals surface area contributed by atoms with Crippen LogP contribution in [0.25, 0.3) is 0 Å². The number of alkyl halides is 11. The predicted molar refractivity (Wildman–Crippen MR) is 40.3 cm³/mol. The molecule has 0 aliphatic heterocycles. The molecule has 0 spiro atoms. The molecular weight excluding hydrogens is 321 g/mol. The summed E-state index contributed by atoms with van der Waals surface area (Å²) in [6.07, 6.45) is -2.59. The van der Waals surface area contributed by atoms with Crippen LogP contribution in [0.2, 0.25) is 0 Å². The summed E-state index contributed by atoms with van der Waals surface area (Å²) in [5.41, 5.74) is -6.05. The molecule has 1 saturated carbocycles. The van der Waals surface area contributed by atoms with E-state index in [0.29, 0.717) is 0 Å². The van der Waals surface area contributed by atoms with Crippen molar-refractivity contribution in [2.24, 2.45) is 0 Å². The summed E-state index contributed by atoms with van der Waals surface area (Å²) in [6, 6.07) is 0. The van der Waals surface area contributed by atoms with E-state index in [1.54, 1.807) is 0 Å². The fourth-order valence-electron chi connectivity index (χ4n) is 1.75. The van der Waals surface area contributed by atoms with E-state index < -0.39 is 48.3 Å². The smallest absolute Gasteiger partial charge is 0.384 e. The standard InChI is InChI=1S/C8H5F11O/c9-3(1-2-20)4(10,11)6(14,15)8(18,19)7(16,17)5(3,12)13/h20H,1-2H2. The van der Waals surface area contributed by atoms with Crippen molar-refractivity contribution in [1.82, 2.24) is 0 Å². The van der Waals surface area contributed by atoms with Gasteiger partial charge in [-0.05, 0) is 0 Å². The summed E-state index contributed by atoms with van der Waals surface area (Å²) in [5.74, 6) is -35.0. The third kappa shape index (κ3) is 1.38. The SMILES string of the molecule is OCCC1(F)C(F)(F)C(F)(F)C(F)(F)C(F)(F)C1(F)F. The second-order valence-electron chi connectivity index (χ2n) is 4.15. The van der Waals surface area contributed by atoms with Crippen LogP contribution in [0, 0.1) is 0 Å². The van der Waals surface area contributed by atoms with Gasteiger partial charge in [-0.1, -0.05) is 0 Å². The van der Waals surface area contributed by atoms with Crippen molar-refractivity contribution in [1.29, 1.82) is 0 Å². The van der Waals surface area contributed by atoms with Crippen LogP contribution in [0.1, 0.15) is 6.42 Å². The fraction of sp³-hybridized carbons (Fsp3) is 1.00. The van der Waals surface area contributed by atoms with Crippen LogP contribution in [0.4, 0.5) is 48.3 Å². The van der Waals surface area contributed by atoms with Crippen molar-refractivity contribution in [3.8, 4) is 0 Å². The highest BCUT2D eigenvalue weighted by atomic mass is 19.4. The first-order valence-electron chi connectivity index (χ1n) is 4.75. The molecule has 120 valence electrons. The van der Waals surface area contributed by atoms with Crippen LogP contribution >= 0.6 is 0 Å². The lowest BCUT2D eigenvalue weighted by Gasteiger charge is -2.52. The van der Waals surface area contributed by atoms with Crippen molar-refractivity contribution in [2.75, 3.05) is 6.61 Å². The van der Waals surface area contributed by atoms with Gasteiger partial charge in [0.2, 0.25) is 0 Å². The van der Waals surface area contributed by atoms with E-state index in [1.165, 1.54) is 0 Å². The maximum atomic E-state index is 13.5. The molecule has 1 nitrogen and oxygen atoms in total. The first-order chi connectivity index (χ1) is 8.56. The summed E-state index contributed by atoms with van der Waals surface area (Å²) in [6.45, 7) is -1.97. The first kappa shape index (κ1) is 17.2. The Bertz CT molecular complexity index is 371. The summed E-state index contributed by atoms with van der Waals surface area (Å²) < 4.78 is 142. The Balaban J connectivity index is 3.73. The molecule has 0 bridgehead atoms. The molecule has 0 amide bonds. The van der Waals surface area contributed by atoms with E-state index in [2.05, 4.69) is 0 Å². The van der Waals surface area contributed by atoms with Gasteiger partial charge in [0, 0.05) is 13.0 Å². The Hall–Kier alpha value is -0.810. The van der Waals surface area contributed by atoms with Crippen molar-refractivity contribution in [3.05, 3.63) is 0 Å². The fourth-order valence-corrected chi connectivity index (χ4v) is 1.75. The zero-order chi connectivity index (χ0) is 16.4. The molecule has 1 rings (SSSR count). The number of halogens is 11. The van der Waals surface area contributed by atoms with Crippen LogP contribution in [0.5, 0.6) is 0 Å². The minimum Gasteiger partial charge on any atom is -0.396 e. The summed E-state index contributed by atoms with van der Waals surface area (Å²) in [4.78, 5) is 0. The van der Waals surface area contributed by atoms with E-state index in [1.807, 2.05) is 0 Å². The number of aliphatic hydroxyl groups is 1. The maximum Gasteiger partial charge on any atom is 0.384 e. The predicted octanol–water partition coefficient (Wildman–Crippen LogP) is 3.27. The van der Waals surface area contributed by atoms with Crippen molar-refractivity contribution >= 4 is 0 Å². The second kappa shape index (κ2) is 3.89. The van der Waals surface area contributed by atoms with Gasteiger partial charge < -0.3 is 5.11 Å².